The third-order valence-electron chi connectivity index (χ3n) is 1.95. The highest BCUT2D eigenvalue weighted by molar-refractivity contribution is 6.37. The molecule has 16 heavy (non-hydrogen) atoms. The topological polar surface area (TPSA) is 35.3 Å². The first-order valence-corrected chi connectivity index (χ1v) is 5.41. The summed E-state index contributed by atoms with van der Waals surface area (Å²) in [6.07, 6.45) is 0. The molecule has 84 valence electrons. The molecule has 0 aliphatic heterocycles. The predicted molar refractivity (Wildman–Crippen MR) is 62.0 cm³/mol. The lowest BCUT2D eigenvalue weighted by atomic mass is 10.3. The zero-order valence-electron chi connectivity index (χ0n) is 8.54. The molecule has 0 bridgehead atoms. The molecule has 0 radical (unpaired) electrons. The van der Waals surface area contributed by atoms with E-state index >= 15 is 0 Å². The summed E-state index contributed by atoms with van der Waals surface area (Å²) in [4.78, 5) is 0. The van der Waals surface area contributed by atoms with Crippen LogP contribution in [0.15, 0.2) is 28.8 Å². The second kappa shape index (κ2) is 4.76. The Bertz CT molecular complexity index is 476. The zero-order valence-corrected chi connectivity index (χ0v) is 10.0. The minimum Gasteiger partial charge on any atom is -0.482 e. The Hall–Kier alpha value is -1.19. The third-order valence-corrected chi connectivity index (χ3v) is 2.55. The average Bonchev–Trinajstić information content (AvgIpc) is 2.63. The Morgan fingerprint density at radius 1 is 1.31 bits per heavy atom. The van der Waals surface area contributed by atoms with Crippen LogP contribution < -0.4 is 4.74 Å². The van der Waals surface area contributed by atoms with Crippen molar-refractivity contribution in [2.75, 3.05) is 0 Å². The maximum atomic E-state index is 5.95. The maximum Gasteiger partial charge on any atom is 0.174 e. The van der Waals surface area contributed by atoms with Crippen LogP contribution >= 0.6 is 23.2 Å². The zero-order chi connectivity index (χ0) is 11.5. The van der Waals surface area contributed by atoms with E-state index in [-0.39, 0.29) is 6.61 Å². The highest BCUT2D eigenvalue weighted by atomic mass is 35.5. The quantitative estimate of drug-likeness (QED) is 0.838. The molecule has 0 saturated heterocycles. The van der Waals surface area contributed by atoms with Crippen molar-refractivity contribution in [1.29, 1.82) is 0 Å². The van der Waals surface area contributed by atoms with Crippen LogP contribution in [0.3, 0.4) is 0 Å². The fourth-order valence-corrected chi connectivity index (χ4v) is 1.75. The summed E-state index contributed by atoms with van der Waals surface area (Å²) in [6.45, 7) is 2.10. The van der Waals surface area contributed by atoms with Gasteiger partial charge in [-0.1, -0.05) is 34.4 Å². The van der Waals surface area contributed by atoms with Gasteiger partial charge < -0.3 is 9.26 Å². The van der Waals surface area contributed by atoms with Crippen LogP contribution in [0.4, 0.5) is 0 Å². The molecule has 0 aliphatic carbocycles. The van der Waals surface area contributed by atoms with Crippen molar-refractivity contribution in [3.63, 3.8) is 0 Å². The number of hydrogen-bond donors (Lipinski definition) is 0. The van der Waals surface area contributed by atoms with Crippen molar-refractivity contribution in [2.45, 2.75) is 13.5 Å². The number of para-hydroxylation sites is 1. The maximum absolute atomic E-state index is 5.95. The van der Waals surface area contributed by atoms with Crippen molar-refractivity contribution in [3.05, 3.63) is 45.8 Å². The summed E-state index contributed by atoms with van der Waals surface area (Å²) in [5, 5.41) is 4.70. The fraction of sp³-hybridized carbons (Fsp3) is 0.182. The monoisotopic (exact) mass is 257 g/mol. The van der Waals surface area contributed by atoms with Gasteiger partial charge in [-0.3, -0.25) is 0 Å². The van der Waals surface area contributed by atoms with Gasteiger partial charge in [0, 0.05) is 6.07 Å². The van der Waals surface area contributed by atoms with E-state index in [0.717, 1.165) is 5.69 Å². The molecular weight excluding hydrogens is 249 g/mol. The molecule has 0 unspecified atom stereocenters. The smallest absolute Gasteiger partial charge is 0.174 e. The van der Waals surface area contributed by atoms with Crippen LogP contribution in [0, 0.1) is 6.92 Å². The Morgan fingerprint density at radius 2 is 2.00 bits per heavy atom. The van der Waals surface area contributed by atoms with Gasteiger partial charge in [0.05, 0.1) is 15.7 Å². The summed E-state index contributed by atoms with van der Waals surface area (Å²) in [7, 11) is 0. The summed E-state index contributed by atoms with van der Waals surface area (Å²) < 4.78 is 10.5. The third kappa shape index (κ3) is 2.49. The van der Waals surface area contributed by atoms with E-state index in [1.165, 1.54) is 0 Å². The normalized spacial score (nSPS) is 10.4. The van der Waals surface area contributed by atoms with E-state index in [1.54, 1.807) is 24.3 Å². The number of rotatable bonds is 3. The number of aromatic nitrogens is 1. The highest BCUT2D eigenvalue weighted by Gasteiger charge is 2.08. The first-order valence-electron chi connectivity index (χ1n) is 4.66. The van der Waals surface area contributed by atoms with E-state index in [1.807, 2.05) is 6.92 Å². The second-order valence-electron chi connectivity index (χ2n) is 3.27. The molecule has 1 aromatic carbocycles. The molecule has 1 heterocycles. The lowest BCUT2D eigenvalue weighted by Crippen LogP contribution is -1.95. The Morgan fingerprint density at radius 3 is 2.56 bits per heavy atom. The molecule has 0 aliphatic rings. The fourth-order valence-electron chi connectivity index (χ4n) is 1.25. The van der Waals surface area contributed by atoms with Crippen LogP contribution in [0.5, 0.6) is 5.75 Å². The highest BCUT2D eigenvalue weighted by Crippen LogP contribution is 2.32. The first kappa shape index (κ1) is 11.3. The first-order chi connectivity index (χ1) is 7.66. The summed E-state index contributed by atoms with van der Waals surface area (Å²) in [6, 6.07) is 6.99. The summed E-state index contributed by atoms with van der Waals surface area (Å²) in [5.41, 5.74) is 0.809. The van der Waals surface area contributed by atoms with Gasteiger partial charge in [-0.15, -0.1) is 0 Å². The molecule has 1 aromatic heterocycles. The number of halogens is 2. The van der Waals surface area contributed by atoms with Gasteiger partial charge >= 0.3 is 0 Å². The summed E-state index contributed by atoms with van der Waals surface area (Å²) >= 11 is 11.9. The number of benzene rings is 1. The molecule has 5 heteroatoms. The predicted octanol–water partition coefficient (Wildman–Crippen LogP) is 3.87. The van der Waals surface area contributed by atoms with Crippen LogP contribution in [0.25, 0.3) is 0 Å². The largest absolute Gasteiger partial charge is 0.482 e. The van der Waals surface area contributed by atoms with E-state index in [9.17, 15) is 0 Å². The average molecular weight is 258 g/mol. The van der Waals surface area contributed by atoms with E-state index in [4.69, 9.17) is 32.5 Å². The van der Waals surface area contributed by atoms with Crippen LogP contribution in [-0.2, 0) is 6.61 Å². The van der Waals surface area contributed by atoms with Crippen molar-refractivity contribution in [1.82, 2.24) is 5.16 Å². The van der Waals surface area contributed by atoms with Gasteiger partial charge in [0.15, 0.2) is 11.5 Å². The molecule has 0 saturated carbocycles. The number of aryl methyl sites for hydroxylation is 1. The molecule has 0 N–H and O–H groups in total. The number of nitrogens with zero attached hydrogens (tertiary/aromatic N) is 1. The van der Waals surface area contributed by atoms with Crippen LogP contribution in [0.2, 0.25) is 10.0 Å². The van der Waals surface area contributed by atoms with Crippen molar-refractivity contribution in [2.24, 2.45) is 0 Å². The number of ether oxygens (including phenoxy) is 1. The molecule has 0 spiro atoms. The SMILES string of the molecule is Cc1cc(COc2c(Cl)cccc2Cl)on1. The lowest BCUT2D eigenvalue weighted by Gasteiger charge is -2.07. The molecule has 0 fully saturated rings. The molecule has 2 rings (SSSR count). The summed E-state index contributed by atoms with van der Waals surface area (Å²) in [5.74, 6) is 1.09. The van der Waals surface area contributed by atoms with Gasteiger partial charge in [0.1, 0.15) is 6.61 Å². The van der Waals surface area contributed by atoms with E-state index in [2.05, 4.69) is 5.16 Å². The molecule has 3 nitrogen and oxygen atoms in total. The van der Waals surface area contributed by atoms with Gasteiger partial charge in [0.2, 0.25) is 0 Å². The van der Waals surface area contributed by atoms with Crippen molar-refractivity contribution >= 4 is 23.2 Å². The molecule has 0 atom stereocenters. The minimum atomic E-state index is 0.254. The van der Waals surface area contributed by atoms with Gasteiger partial charge in [0.25, 0.3) is 0 Å². The second-order valence-corrected chi connectivity index (χ2v) is 4.09. The Balaban J connectivity index is 2.10. The molecule has 2 aromatic rings. The van der Waals surface area contributed by atoms with Gasteiger partial charge in [-0.05, 0) is 19.1 Å². The Kier molecular flexibility index (Phi) is 3.36. The van der Waals surface area contributed by atoms with Gasteiger partial charge in [-0.25, -0.2) is 0 Å². The number of hydrogen-bond acceptors (Lipinski definition) is 3. The Labute approximate surface area is 103 Å². The molecular formula is C11H9Cl2NO2. The van der Waals surface area contributed by atoms with E-state index in [0.29, 0.717) is 21.6 Å². The van der Waals surface area contributed by atoms with Crippen molar-refractivity contribution < 1.29 is 9.26 Å². The van der Waals surface area contributed by atoms with Crippen molar-refractivity contribution in [3.8, 4) is 5.75 Å². The van der Waals surface area contributed by atoms with Gasteiger partial charge in [-0.2, -0.15) is 0 Å². The standard InChI is InChI=1S/C11H9Cl2NO2/c1-7-5-8(16-14-7)6-15-11-9(12)3-2-4-10(11)13/h2-5H,6H2,1H3. The van der Waals surface area contributed by atoms with E-state index < -0.39 is 0 Å². The lowest BCUT2D eigenvalue weighted by molar-refractivity contribution is 0.249. The minimum absolute atomic E-state index is 0.254. The van der Waals surface area contributed by atoms with Crippen LogP contribution in [-0.4, -0.2) is 5.16 Å². The molecule has 0 amide bonds. The van der Waals surface area contributed by atoms with Crippen LogP contribution in [0.1, 0.15) is 11.5 Å².